The van der Waals surface area contributed by atoms with Crippen LogP contribution < -0.4 is 0 Å². The zero-order valence-corrected chi connectivity index (χ0v) is 7.13. The second-order valence-corrected chi connectivity index (χ2v) is 2.52. The summed E-state index contributed by atoms with van der Waals surface area (Å²) in [6.45, 7) is 0.952. The Kier molecular flexibility index (Phi) is 3.91. The summed E-state index contributed by atoms with van der Waals surface area (Å²) < 4.78 is 0. The van der Waals surface area contributed by atoms with Gasteiger partial charge in [-0.3, -0.25) is 14.4 Å². The van der Waals surface area contributed by atoms with Gasteiger partial charge in [-0.25, -0.2) is 4.79 Å². The Morgan fingerprint density at radius 1 is 1.07 bits per heavy atom. The predicted octanol–water partition coefficient (Wildman–Crippen LogP) is -1.71. The molecule has 14 heavy (non-hydrogen) atoms. The Morgan fingerprint density at radius 3 is 1.71 bits per heavy atom. The first-order valence-electron chi connectivity index (χ1n) is 3.50. The molecule has 0 radical (unpaired) electrons. The molecular weight excluding hydrogens is 196 g/mol. The highest BCUT2D eigenvalue weighted by Crippen LogP contribution is 2.05. The van der Waals surface area contributed by atoms with Crippen LogP contribution in [0.4, 0.5) is 0 Å². The van der Waals surface area contributed by atoms with E-state index in [0.29, 0.717) is 0 Å². The number of rotatable bonds is 5. The van der Waals surface area contributed by atoms with Gasteiger partial charge in [0.2, 0.25) is 0 Å². The molecule has 0 fully saturated rings. The molecule has 0 saturated carbocycles. The molecule has 78 valence electrons. The third kappa shape index (κ3) is 2.63. The van der Waals surface area contributed by atoms with Gasteiger partial charge in [0.1, 0.15) is 6.10 Å². The Bertz CT molecular complexity index is 290. The number of Topliss-reactive ketones (excluding diaryl/α,β-unsaturated/α-hetero) is 2. The summed E-state index contributed by atoms with van der Waals surface area (Å²) in [6, 6.07) is 0. The Morgan fingerprint density at radius 2 is 1.50 bits per heavy atom. The molecule has 0 aliphatic heterocycles. The summed E-state index contributed by atoms with van der Waals surface area (Å²) >= 11 is 0. The van der Waals surface area contributed by atoms with E-state index in [1.54, 1.807) is 0 Å². The zero-order chi connectivity index (χ0) is 11.5. The largest absolute Gasteiger partial charge is 0.480 e. The average molecular weight is 204 g/mol. The van der Waals surface area contributed by atoms with E-state index in [1.807, 2.05) is 0 Å². The van der Waals surface area contributed by atoms with E-state index in [4.69, 9.17) is 15.3 Å². The van der Waals surface area contributed by atoms with E-state index >= 15 is 0 Å². The number of carboxylic acid groups (broad SMARTS) is 2. The second kappa shape index (κ2) is 4.47. The van der Waals surface area contributed by atoms with Gasteiger partial charge in [0.15, 0.2) is 11.7 Å². The van der Waals surface area contributed by atoms with Crippen LogP contribution in [0.1, 0.15) is 6.92 Å². The van der Waals surface area contributed by atoms with E-state index in [0.717, 1.165) is 6.92 Å². The molecule has 0 aromatic heterocycles. The van der Waals surface area contributed by atoms with Gasteiger partial charge in [0.25, 0.3) is 5.78 Å². The molecule has 0 aliphatic carbocycles. The van der Waals surface area contributed by atoms with E-state index in [9.17, 15) is 19.2 Å². The minimum absolute atomic E-state index is 0.952. The highest BCUT2D eigenvalue weighted by atomic mass is 16.4. The van der Waals surface area contributed by atoms with Crippen LogP contribution in [0.3, 0.4) is 0 Å². The van der Waals surface area contributed by atoms with Crippen LogP contribution in [-0.4, -0.2) is 44.9 Å². The lowest BCUT2D eigenvalue weighted by Gasteiger charge is -2.08. The number of aliphatic hydroxyl groups is 1. The molecule has 0 rings (SSSR count). The van der Waals surface area contributed by atoms with Crippen LogP contribution in [0.25, 0.3) is 0 Å². The van der Waals surface area contributed by atoms with Crippen molar-refractivity contribution >= 4 is 23.5 Å². The molecule has 0 bridgehead atoms. The van der Waals surface area contributed by atoms with Crippen molar-refractivity contribution in [2.24, 2.45) is 5.92 Å². The fourth-order valence-corrected chi connectivity index (χ4v) is 0.728. The molecule has 0 aliphatic rings. The summed E-state index contributed by atoms with van der Waals surface area (Å²) in [5.74, 6) is -9.35. The van der Waals surface area contributed by atoms with Crippen LogP contribution in [0.2, 0.25) is 0 Å². The average Bonchev–Trinajstić information content (AvgIpc) is 2.03. The normalized spacial score (nSPS) is 14.1. The first-order chi connectivity index (χ1) is 6.29. The highest BCUT2D eigenvalue weighted by Gasteiger charge is 2.39. The quantitative estimate of drug-likeness (QED) is 0.359. The van der Waals surface area contributed by atoms with Gasteiger partial charge < -0.3 is 15.3 Å². The third-order valence-electron chi connectivity index (χ3n) is 1.42. The van der Waals surface area contributed by atoms with Gasteiger partial charge in [-0.15, -0.1) is 0 Å². The minimum atomic E-state index is -2.34. The van der Waals surface area contributed by atoms with Crippen LogP contribution in [-0.2, 0) is 19.2 Å². The SMILES string of the molecule is CC(O)C(=O)C(C(=O)O)C(=O)C(=O)O. The molecule has 2 atom stereocenters. The van der Waals surface area contributed by atoms with Crippen LogP contribution in [0, 0.1) is 5.92 Å². The Labute approximate surface area is 78.0 Å². The van der Waals surface area contributed by atoms with Crippen molar-refractivity contribution in [3.8, 4) is 0 Å². The van der Waals surface area contributed by atoms with Crippen molar-refractivity contribution in [3.05, 3.63) is 0 Å². The van der Waals surface area contributed by atoms with Gasteiger partial charge in [-0.05, 0) is 6.92 Å². The number of ketones is 2. The number of aliphatic carboxylic acids is 2. The molecule has 0 aromatic rings. The van der Waals surface area contributed by atoms with Crippen molar-refractivity contribution in [1.82, 2.24) is 0 Å². The summed E-state index contributed by atoms with van der Waals surface area (Å²) in [7, 11) is 0. The molecule has 7 nitrogen and oxygen atoms in total. The summed E-state index contributed by atoms with van der Waals surface area (Å²) in [4.78, 5) is 42.1. The predicted molar refractivity (Wildman–Crippen MR) is 40.5 cm³/mol. The molecule has 0 heterocycles. The van der Waals surface area contributed by atoms with Crippen molar-refractivity contribution in [1.29, 1.82) is 0 Å². The fourth-order valence-electron chi connectivity index (χ4n) is 0.728. The number of aliphatic hydroxyl groups excluding tert-OH is 1. The molecule has 0 spiro atoms. The topological polar surface area (TPSA) is 129 Å². The number of carbonyl (C=O) groups is 4. The fraction of sp³-hybridized carbons (Fsp3) is 0.429. The summed E-state index contributed by atoms with van der Waals surface area (Å²) in [5, 5.41) is 25.3. The molecule has 0 amide bonds. The third-order valence-corrected chi connectivity index (χ3v) is 1.42. The molecule has 2 unspecified atom stereocenters. The van der Waals surface area contributed by atoms with Crippen molar-refractivity contribution in [2.75, 3.05) is 0 Å². The lowest BCUT2D eigenvalue weighted by Crippen LogP contribution is -2.40. The maximum atomic E-state index is 10.9. The van der Waals surface area contributed by atoms with E-state index in [1.165, 1.54) is 0 Å². The molecule has 3 N–H and O–H groups in total. The maximum absolute atomic E-state index is 10.9. The maximum Gasteiger partial charge on any atom is 0.373 e. The monoisotopic (exact) mass is 204 g/mol. The second-order valence-electron chi connectivity index (χ2n) is 2.52. The highest BCUT2D eigenvalue weighted by molar-refractivity contribution is 6.42. The van der Waals surface area contributed by atoms with Gasteiger partial charge in [-0.2, -0.15) is 0 Å². The molecule has 0 aromatic carbocycles. The van der Waals surface area contributed by atoms with Crippen molar-refractivity contribution in [2.45, 2.75) is 13.0 Å². The van der Waals surface area contributed by atoms with E-state index < -0.39 is 35.5 Å². The van der Waals surface area contributed by atoms with Crippen molar-refractivity contribution in [3.63, 3.8) is 0 Å². The van der Waals surface area contributed by atoms with E-state index in [-0.39, 0.29) is 0 Å². The molecular formula is C7H8O7. The van der Waals surface area contributed by atoms with Crippen LogP contribution >= 0.6 is 0 Å². The van der Waals surface area contributed by atoms with Gasteiger partial charge >= 0.3 is 11.9 Å². The number of hydrogen-bond acceptors (Lipinski definition) is 5. The van der Waals surface area contributed by atoms with Gasteiger partial charge in [0, 0.05) is 0 Å². The molecule has 7 heteroatoms. The summed E-state index contributed by atoms with van der Waals surface area (Å²) in [5.41, 5.74) is 0. The number of hydrogen-bond donors (Lipinski definition) is 3. The van der Waals surface area contributed by atoms with Crippen LogP contribution in [0.15, 0.2) is 0 Å². The minimum Gasteiger partial charge on any atom is -0.480 e. The van der Waals surface area contributed by atoms with Crippen LogP contribution in [0.5, 0.6) is 0 Å². The smallest absolute Gasteiger partial charge is 0.373 e. The van der Waals surface area contributed by atoms with Crippen molar-refractivity contribution < 1.29 is 34.5 Å². The molecule has 0 saturated heterocycles. The first kappa shape index (κ1) is 12.2. The lowest BCUT2D eigenvalue weighted by molar-refractivity contribution is -0.160. The zero-order valence-electron chi connectivity index (χ0n) is 7.13. The Hall–Kier alpha value is -1.76. The van der Waals surface area contributed by atoms with Gasteiger partial charge in [0.05, 0.1) is 0 Å². The summed E-state index contributed by atoms with van der Waals surface area (Å²) in [6.07, 6.45) is -1.70. The number of carbonyl (C=O) groups excluding carboxylic acids is 2. The van der Waals surface area contributed by atoms with Gasteiger partial charge in [-0.1, -0.05) is 0 Å². The Balaban J connectivity index is 4.97. The van der Waals surface area contributed by atoms with E-state index in [2.05, 4.69) is 0 Å². The number of carboxylic acids is 2. The standard InChI is InChI=1S/C7H8O7/c1-2(8)4(9)3(6(11)12)5(10)7(13)14/h2-3,8H,1H3,(H,11,12)(H,13,14). The lowest BCUT2D eigenvalue weighted by atomic mass is 9.96. The first-order valence-corrected chi connectivity index (χ1v) is 3.50.